The van der Waals surface area contributed by atoms with E-state index in [1.807, 2.05) is 0 Å². The summed E-state index contributed by atoms with van der Waals surface area (Å²) in [5.74, 6) is -0.790. The minimum Gasteiger partial charge on any atom is -0.388 e. The zero-order valence-corrected chi connectivity index (χ0v) is 8.61. The van der Waals surface area contributed by atoms with Crippen LogP contribution in [0.5, 0.6) is 0 Å². The van der Waals surface area contributed by atoms with Gasteiger partial charge < -0.3 is 4.42 Å². The molecule has 84 valence electrons. The van der Waals surface area contributed by atoms with Crippen LogP contribution in [0.4, 0.5) is 4.39 Å². The number of benzene rings is 2. The van der Waals surface area contributed by atoms with E-state index in [4.69, 9.17) is 4.42 Å². The van der Waals surface area contributed by atoms with Crippen molar-refractivity contribution in [2.45, 2.75) is 0 Å². The lowest BCUT2D eigenvalue weighted by Crippen LogP contribution is -1.93. The minimum absolute atomic E-state index is 0.159. The van der Waals surface area contributed by atoms with Gasteiger partial charge in [0.2, 0.25) is 5.89 Å². The molecule has 0 aliphatic rings. The summed E-state index contributed by atoms with van der Waals surface area (Å²) < 4.78 is 18.4. The smallest absolute Gasteiger partial charge is 0.388 e. The predicted molar refractivity (Wildman–Crippen MR) is 60.0 cm³/mol. The Balaban J connectivity index is 2.38. The molecule has 3 rings (SSSR count). The van der Waals surface area contributed by atoms with Crippen molar-refractivity contribution >= 4 is 10.8 Å². The Labute approximate surface area is 94.7 Å². The van der Waals surface area contributed by atoms with Gasteiger partial charge in [-0.2, -0.15) is 0 Å². The molecule has 0 radical (unpaired) electrons. The van der Waals surface area contributed by atoms with E-state index in [9.17, 15) is 9.18 Å². The Kier molecular flexibility index (Phi) is 2.04. The number of rotatable bonds is 1. The third kappa shape index (κ3) is 1.52. The second-order valence-electron chi connectivity index (χ2n) is 3.56. The first-order valence-corrected chi connectivity index (χ1v) is 4.99. The van der Waals surface area contributed by atoms with Crippen LogP contribution in [0.3, 0.4) is 0 Å². The molecular weight excluding hydrogens is 223 g/mol. The second-order valence-corrected chi connectivity index (χ2v) is 3.56. The number of fused-ring (bicyclic) bond motifs is 1. The molecule has 4 nitrogen and oxygen atoms in total. The van der Waals surface area contributed by atoms with E-state index in [0.717, 1.165) is 0 Å². The zero-order valence-electron chi connectivity index (χ0n) is 8.61. The number of halogens is 1. The van der Waals surface area contributed by atoms with Crippen LogP contribution in [-0.4, -0.2) is 10.2 Å². The van der Waals surface area contributed by atoms with Crippen molar-refractivity contribution in [1.29, 1.82) is 0 Å². The third-order valence-corrected chi connectivity index (χ3v) is 2.54. The summed E-state index contributed by atoms with van der Waals surface area (Å²) >= 11 is 0. The molecule has 1 N–H and O–H groups in total. The quantitative estimate of drug-likeness (QED) is 0.697. The van der Waals surface area contributed by atoms with Crippen molar-refractivity contribution in [2.24, 2.45) is 0 Å². The molecule has 0 saturated carbocycles. The van der Waals surface area contributed by atoms with Crippen molar-refractivity contribution in [2.75, 3.05) is 0 Å². The molecule has 0 saturated heterocycles. The van der Waals surface area contributed by atoms with E-state index in [2.05, 4.69) is 10.2 Å². The van der Waals surface area contributed by atoms with Gasteiger partial charge in [-0.05, 0) is 17.5 Å². The summed E-state index contributed by atoms with van der Waals surface area (Å²) in [5, 5.41) is 7.04. The number of aromatic amines is 1. The highest BCUT2D eigenvalue weighted by Crippen LogP contribution is 2.28. The van der Waals surface area contributed by atoms with E-state index < -0.39 is 5.76 Å². The standard InChI is InChI=1S/C12H7FN2O2/c13-10-6-5-9(11-14-15-12(16)17-11)7-3-1-2-4-8(7)10/h1-6H,(H,15,16). The molecule has 0 spiro atoms. The van der Waals surface area contributed by atoms with Gasteiger partial charge in [-0.15, -0.1) is 5.10 Å². The van der Waals surface area contributed by atoms with E-state index in [1.54, 1.807) is 24.3 Å². The van der Waals surface area contributed by atoms with Crippen LogP contribution in [0.15, 0.2) is 45.6 Å². The first-order chi connectivity index (χ1) is 8.25. The van der Waals surface area contributed by atoms with E-state index in [1.165, 1.54) is 12.1 Å². The first-order valence-electron chi connectivity index (χ1n) is 4.99. The molecule has 0 unspecified atom stereocenters. The highest BCUT2D eigenvalue weighted by Gasteiger charge is 2.11. The van der Waals surface area contributed by atoms with Gasteiger partial charge in [-0.1, -0.05) is 24.3 Å². The summed E-state index contributed by atoms with van der Waals surface area (Å²) in [6.45, 7) is 0. The van der Waals surface area contributed by atoms with Crippen molar-refractivity contribution < 1.29 is 8.81 Å². The Morgan fingerprint density at radius 2 is 1.88 bits per heavy atom. The molecule has 0 fully saturated rings. The van der Waals surface area contributed by atoms with Gasteiger partial charge in [-0.25, -0.2) is 14.3 Å². The number of aromatic nitrogens is 2. The van der Waals surface area contributed by atoms with Crippen LogP contribution < -0.4 is 5.76 Å². The van der Waals surface area contributed by atoms with Crippen LogP contribution in [0.1, 0.15) is 0 Å². The van der Waals surface area contributed by atoms with Gasteiger partial charge in [0.05, 0.1) is 0 Å². The SMILES string of the molecule is O=c1[nH]nc(-c2ccc(F)c3ccccc23)o1. The topological polar surface area (TPSA) is 58.9 Å². The summed E-state index contributed by atoms with van der Waals surface area (Å²) in [7, 11) is 0. The lowest BCUT2D eigenvalue weighted by Gasteiger charge is -2.03. The Morgan fingerprint density at radius 1 is 1.12 bits per heavy atom. The number of hydrogen-bond donors (Lipinski definition) is 1. The van der Waals surface area contributed by atoms with Gasteiger partial charge in [0.25, 0.3) is 0 Å². The molecule has 0 atom stereocenters. The van der Waals surface area contributed by atoms with Gasteiger partial charge >= 0.3 is 5.76 Å². The molecule has 3 aromatic rings. The predicted octanol–water partition coefficient (Wildman–Crippen LogP) is 2.32. The van der Waals surface area contributed by atoms with Crippen molar-refractivity contribution in [1.82, 2.24) is 10.2 Å². The Morgan fingerprint density at radius 3 is 2.59 bits per heavy atom. The molecule has 5 heteroatoms. The van der Waals surface area contributed by atoms with Gasteiger partial charge in [0.15, 0.2) is 0 Å². The van der Waals surface area contributed by atoms with Gasteiger partial charge in [0, 0.05) is 10.9 Å². The van der Waals surface area contributed by atoms with Crippen molar-refractivity contribution in [3.8, 4) is 11.5 Å². The average molecular weight is 230 g/mol. The van der Waals surface area contributed by atoms with Crippen molar-refractivity contribution in [3.05, 3.63) is 52.8 Å². The van der Waals surface area contributed by atoms with Crippen LogP contribution in [0, 0.1) is 5.82 Å². The molecule has 2 aromatic carbocycles. The number of nitrogens with zero attached hydrogens (tertiary/aromatic N) is 1. The number of H-pyrrole nitrogens is 1. The minimum atomic E-state index is -0.631. The lowest BCUT2D eigenvalue weighted by molar-refractivity contribution is 0.527. The fourth-order valence-corrected chi connectivity index (χ4v) is 1.79. The molecular formula is C12H7FN2O2. The van der Waals surface area contributed by atoms with Gasteiger partial charge in [-0.3, -0.25) is 0 Å². The third-order valence-electron chi connectivity index (χ3n) is 2.54. The van der Waals surface area contributed by atoms with E-state index in [0.29, 0.717) is 16.3 Å². The monoisotopic (exact) mass is 230 g/mol. The highest BCUT2D eigenvalue weighted by molar-refractivity contribution is 5.94. The summed E-state index contributed by atoms with van der Waals surface area (Å²) in [5.41, 5.74) is 0.584. The Bertz CT molecular complexity index is 745. The highest BCUT2D eigenvalue weighted by atomic mass is 19.1. The van der Waals surface area contributed by atoms with Crippen molar-refractivity contribution in [3.63, 3.8) is 0 Å². The molecule has 1 aromatic heterocycles. The maximum atomic E-state index is 13.6. The van der Waals surface area contributed by atoms with E-state index >= 15 is 0 Å². The maximum Gasteiger partial charge on any atom is 0.434 e. The molecule has 0 aliphatic heterocycles. The fraction of sp³-hybridized carbons (Fsp3) is 0. The first kappa shape index (κ1) is 9.77. The molecule has 0 bridgehead atoms. The fourth-order valence-electron chi connectivity index (χ4n) is 1.79. The number of hydrogen-bond acceptors (Lipinski definition) is 3. The molecule has 17 heavy (non-hydrogen) atoms. The maximum absolute atomic E-state index is 13.6. The molecule has 0 amide bonds. The van der Waals surface area contributed by atoms with Crippen LogP contribution >= 0.6 is 0 Å². The summed E-state index contributed by atoms with van der Waals surface area (Å²) in [6.07, 6.45) is 0. The molecule has 1 heterocycles. The lowest BCUT2D eigenvalue weighted by atomic mass is 10.0. The zero-order chi connectivity index (χ0) is 11.8. The number of nitrogens with one attached hydrogen (secondary N) is 1. The van der Waals surface area contributed by atoms with Crippen LogP contribution in [0.25, 0.3) is 22.2 Å². The second kappa shape index (κ2) is 3.55. The van der Waals surface area contributed by atoms with Crippen LogP contribution in [-0.2, 0) is 0 Å². The average Bonchev–Trinajstić information content (AvgIpc) is 2.77. The molecule has 0 aliphatic carbocycles. The van der Waals surface area contributed by atoms with Gasteiger partial charge in [0.1, 0.15) is 5.82 Å². The van der Waals surface area contributed by atoms with Crippen LogP contribution in [0.2, 0.25) is 0 Å². The normalized spacial score (nSPS) is 10.9. The largest absolute Gasteiger partial charge is 0.434 e. The van der Waals surface area contributed by atoms with E-state index in [-0.39, 0.29) is 11.7 Å². The summed E-state index contributed by atoms with van der Waals surface area (Å²) in [4.78, 5) is 10.9. The summed E-state index contributed by atoms with van der Waals surface area (Å²) in [6, 6.07) is 9.82. The Hall–Kier alpha value is -2.43.